The second kappa shape index (κ2) is 12.7. The molecule has 0 aliphatic heterocycles. The van der Waals surface area contributed by atoms with E-state index >= 15 is 0 Å². The Balaban J connectivity index is 0.00000676. The number of likely N-dealkylation sites (N-methyl/N-ethyl adjacent to an activating group) is 1. The molecule has 1 aromatic rings. The molecule has 0 fully saturated rings. The van der Waals surface area contributed by atoms with Crippen molar-refractivity contribution in [1.82, 2.24) is 20.5 Å². The van der Waals surface area contributed by atoms with Gasteiger partial charge in [0, 0.05) is 32.9 Å². The fraction of sp³-hybridized carbons (Fsp3) is 0.632. The van der Waals surface area contributed by atoms with Crippen molar-refractivity contribution in [2.24, 2.45) is 4.99 Å². The summed E-state index contributed by atoms with van der Waals surface area (Å²) in [5, 5.41) is 6.33. The summed E-state index contributed by atoms with van der Waals surface area (Å²) in [5.41, 5.74) is 0.702. The number of aromatic nitrogens is 1. The monoisotopic (exact) mass is 491 g/mol. The van der Waals surface area contributed by atoms with Crippen LogP contribution < -0.4 is 15.4 Å². The molecule has 2 N–H and O–H groups in total. The van der Waals surface area contributed by atoms with E-state index in [-0.39, 0.29) is 42.0 Å². The third-order valence-electron chi connectivity index (χ3n) is 3.36. The largest absolute Gasteiger partial charge is 0.472 e. The smallest absolute Gasteiger partial charge is 0.241 e. The molecule has 0 aromatic carbocycles. The lowest BCUT2D eigenvalue weighted by atomic mass is 10.2. The Morgan fingerprint density at radius 1 is 1.26 bits per heavy atom. The minimum absolute atomic E-state index is 0. The molecule has 0 bridgehead atoms. The molecule has 0 aliphatic rings. The number of rotatable bonds is 8. The zero-order valence-electron chi connectivity index (χ0n) is 17.3. The van der Waals surface area contributed by atoms with Crippen molar-refractivity contribution >= 4 is 35.8 Å². The average Bonchev–Trinajstić information content (AvgIpc) is 2.56. The predicted molar refractivity (Wildman–Crippen MR) is 121 cm³/mol. The third kappa shape index (κ3) is 11.7. The Morgan fingerprint density at radius 3 is 2.48 bits per heavy atom. The molecule has 154 valence electrons. The highest BCUT2D eigenvalue weighted by Crippen LogP contribution is 2.15. The third-order valence-corrected chi connectivity index (χ3v) is 3.36. The van der Waals surface area contributed by atoms with Crippen LogP contribution in [0.1, 0.15) is 46.1 Å². The molecular weight excluding hydrogens is 457 g/mol. The van der Waals surface area contributed by atoms with Crippen LogP contribution in [0.5, 0.6) is 5.88 Å². The maximum Gasteiger partial charge on any atom is 0.241 e. The quantitative estimate of drug-likeness (QED) is 0.253. The van der Waals surface area contributed by atoms with Gasteiger partial charge in [-0.1, -0.05) is 19.4 Å². The van der Waals surface area contributed by atoms with Gasteiger partial charge in [0.2, 0.25) is 11.8 Å². The number of aliphatic imine (C=N–C) groups is 1. The van der Waals surface area contributed by atoms with Gasteiger partial charge in [-0.05, 0) is 32.8 Å². The number of carbonyl (C=O) groups excluding carboxylic acids is 1. The van der Waals surface area contributed by atoms with Crippen LogP contribution in [0.3, 0.4) is 0 Å². The first-order chi connectivity index (χ1) is 12.2. The number of carbonyl (C=O) groups is 1. The summed E-state index contributed by atoms with van der Waals surface area (Å²) in [7, 11) is 3.47. The van der Waals surface area contributed by atoms with E-state index in [1.54, 1.807) is 25.2 Å². The normalized spacial score (nSPS) is 11.4. The molecule has 1 aromatic heterocycles. The molecule has 7 nitrogen and oxygen atoms in total. The lowest BCUT2D eigenvalue weighted by molar-refractivity contribution is -0.127. The fourth-order valence-electron chi connectivity index (χ4n) is 1.92. The Morgan fingerprint density at radius 2 is 1.96 bits per heavy atom. The summed E-state index contributed by atoms with van der Waals surface area (Å²) in [6, 6.07) is 3.80. The van der Waals surface area contributed by atoms with Gasteiger partial charge in [0.1, 0.15) is 5.60 Å². The molecule has 0 aliphatic carbocycles. The SMILES string of the molecule is CCCCNC(=NCc1ccc(OC(C)(C)C)nc1)NCC(=O)N(C)C.I. The summed E-state index contributed by atoms with van der Waals surface area (Å²) in [6.45, 7) is 9.59. The number of hydrogen-bond donors (Lipinski definition) is 2. The summed E-state index contributed by atoms with van der Waals surface area (Å²) in [4.78, 5) is 22.2. The highest BCUT2D eigenvalue weighted by atomic mass is 127. The first-order valence-electron chi connectivity index (χ1n) is 9.07. The molecule has 0 saturated carbocycles. The zero-order chi connectivity index (χ0) is 19.6. The topological polar surface area (TPSA) is 78.9 Å². The van der Waals surface area contributed by atoms with Crippen molar-refractivity contribution in [2.75, 3.05) is 27.2 Å². The van der Waals surface area contributed by atoms with Crippen LogP contribution in [0.25, 0.3) is 0 Å². The van der Waals surface area contributed by atoms with Crippen LogP contribution in [-0.4, -0.2) is 54.5 Å². The van der Waals surface area contributed by atoms with Gasteiger partial charge in [0.15, 0.2) is 5.96 Å². The lowest BCUT2D eigenvalue weighted by Gasteiger charge is -2.20. The first kappa shape index (κ1) is 25.4. The van der Waals surface area contributed by atoms with Crippen molar-refractivity contribution in [1.29, 1.82) is 0 Å². The average molecular weight is 491 g/mol. The molecule has 0 spiro atoms. The second-order valence-corrected chi connectivity index (χ2v) is 7.31. The number of unbranched alkanes of at least 4 members (excludes halogenated alkanes) is 1. The molecule has 1 rings (SSSR count). The van der Waals surface area contributed by atoms with Gasteiger partial charge >= 0.3 is 0 Å². The maximum atomic E-state index is 11.8. The van der Waals surface area contributed by atoms with Gasteiger partial charge in [-0.15, -0.1) is 24.0 Å². The molecule has 0 saturated heterocycles. The van der Waals surface area contributed by atoms with Crippen molar-refractivity contribution < 1.29 is 9.53 Å². The van der Waals surface area contributed by atoms with Crippen molar-refractivity contribution in [3.05, 3.63) is 23.9 Å². The van der Waals surface area contributed by atoms with E-state index in [1.165, 1.54) is 0 Å². The summed E-state index contributed by atoms with van der Waals surface area (Å²) in [5.74, 6) is 1.23. The number of amides is 1. The highest BCUT2D eigenvalue weighted by molar-refractivity contribution is 14.0. The molecular formula is C19H34IN5O2. The van der Waals surface area contributed by atoms with Gasteiger partial charge in [0.25, 0.3) is 0 Å². The molecule has 0 atom stereocenters. The lowest BCUT2D eigenvalue weighted by Crippen LogP contribution is -2.43. The fourth-order valence-corrected chi connectivity index (χ4v) is 1.92. The van der Waals surface area contributed by atoms with E-state index in [2.05, 4.69) is 27.5 Å². The van der Waals surface area contributed by atoms with E-state index in [0.717, 1.165) is 24.9 Å². The van der Waals surface area contributed by atoms with E-state index in [9.17, 15) is 4.79 Å². The maximum absolute atomic E-state index is 11.8. The number of guanidine groups is 1. The molecule has 8 heteroatoms. The zero-order valence-corrected chi connectivity index (χ0v) is 19.7. The molecule has 0 unspecified atom stereocenters. The standard InChI is InChI=1S/C19H33N5O2.HI/c1-7-8-11-20-18(23-14-17(25)24(5)6)22-13-15-9-10-16(21-12-15)26-19(2,3)4;/h9-10,12H,7-8,11,13-14H2,1-6H3,(H2,20,22,23);1H. The van der Waals surface area contributed by atoms with E-state index in [4.69, 9.17) is 4.74 Å². The Hall–Kier alpha value is -1.58. The number of hydrogen-bond acceptors (Lipinski definition) is 4. The van der Waals surface area contributed by atoms with E-state index in [0.29, 0.717) is 18.4 Å². The number of nitrogens with one attached hydrogen (secondary N) is 2. The Labute approximate surface area is 180 Å². The van der Waals surface area contributed by atoms with Gasteiger partial charge in [0.05, 0.1) is 13.1 Å². The van der Waals surface area contributed by atoms with Crippen LogP contribution in [-0.2, 0) is 11.3 Å². The van der Waals surface area contributed by atoms with Crippen LogP contribution in [0.15, 0.2) is 23.3 Å². The first-order valence-corrected chi connectivity index (χ1v) is 9.07. The van der Waals surface area contributed by atoms with Crippen molar-refractivity contribution in [3.8, 4) is 5.88 Å². The van der Waals surface area contributed by atoms with E-state index < -0.39 is 0 Å². The van der Waals surface area contributed by atoms with Crippen LogP contribution in [0.4, 0.5) is 0 Å². The molecule has 27 heavy (non-hydrogen) atoms. The van der Waals surface area contributed by atoms with Gasteiger partial charge in [-0.25, -0.2) is 9.98 Å². The highest BCUT2D eigenvalue weighted by Gasteiger charge is 2.12. The summed E-state index contributed by atoms with van der Waals surface area (Å²) < 4.78 is 5.72. The van der Waals surface area contributed by atoms with Crippen LogP contribution >= 0.6 is 24.0 Å². The molecule has 1 heterocycles. The van der Waals surface area contributed by atoms with Gasteiger partial charge in [-0.3, -0.25) is 4.79 Å². The predicted octanol–water partition coefficient (Wildman–Crippen LogP) is 2.80. The number of pyridine rings is 1. The number of nitrogens with zero attached hydrogens (tertiary/aromatic N) is 3. The number of ether oxygens (including phenoxy) is 1. The van der Waals surface area contributed by atoms with Crippen molar-refractivity contribution in [3.63, 3.8) is 0 Å². The number of halogens is 1. The van der Waals surface area contributed by atoms with Gasteiger partial charge < -0.3 is 20.3 Å². The Bertz CT molecular complexity index is 583. The van der Waals surface area contributed by atoms with Crippen molar-refractivity contribution in [2.45, 2.75) is 52.7 Å². The molecule has 1 amide bonds. The summed E-state index contributed by atoms with van der Waals surface area (Å²) >= 11 is 0. The van der Waals surface area contributed by atoms with Crippen LogP contribution in [0.2, 0.25) is 0 Å². The minimum atomic E-state index is -0.272. The molecule has 0 radical (unpaired) electrons. The van der Waals surface area contributed by atoms with Gasteiger partial charge in [-0.2, -0.15) is 0 Å². The second-order valence-electron chi connectivity index (χ2n) is 7.31. The summed E-state index contributed by atoms with van der Waals surface area (Å²) in [6.07, 6.45) is 3.90. The Kier molecular flexibility index (Phi) is 12.0. The van der Waals surface area contributed by atoms with E-state index in [1.807, 2.05) is 32.9 Å². The minimum Gasteiger partial charge on any atom is -0.472 e. The van der Waals surface area contributed by atoms with Crippen LogP contribution in [0, 0.1) is 0 Å².